The van der Waals surface area contributed by atoms with Crippen LogP contribution in [0.1, 0.15) is 49.7 Å². The number of thiophene rings is 1. The third-order valence-electron chi connectivity index (χ3n) is 4.19. The predicted octanol–water partition coefficient (Wildman–Crippen LogP) is 4.27. The van der Waals surface area contributed by atoms with Gasteiger partial charge in [-0.15, -0.1) is 0 Å². The molecule has 1 aliphatic rings. The quantitative estimate of drug-likeness (QED) is 0.473. The van der Waals surface area contributed by atoms with Crippen molar-refractivity contribution in [3.05, 3.63) is 27.1 Å². The van der Waals surface area contributed by atoms with Gasteiger partial charge in [0.05, 0.1) is 4.92 Å². The fraction of sp³-hybridized carbons (Fsp3) is 0.667. The average Bonchev–Trinajstić information content (AvgIpc) is 2.88. The molecule has 3 atom stereocenters. The number of esters is 1. The molecule has 0 N–H and O–H groups in total. The maximum atomic E-state index is 12.2. The molecule has 0 radical (unpaired) electrons. The van der Waals surface area contributed by atoms with Gasteiger partial charge in [0, 0.05) is 6.07 Å². The molecule has 6 heteroatoms. The number of hydrogen-bond acceptors (Lipinski definition) is 5. The van der Waals surface area contributed by atoms with Crippen molar-refractivity contribution >= 4 is 22.3 Å². The summed E-state index contributed by atoms with van der Waals surface area (Å²) < 4.78 is 5.66. The zero-order valence-electron chi connectivity index (χ0n) is 12.6. The molecular weight excluding hydrogens is 290 g/mol. The lowest BCUT2D eigenvalue weighted by Crippen LogP contribution is -2.35. The highest BCUT2D eigenvalue weighted by Crippen LogP contribution is 2.36. The molecule has 0 aromatic carbocycles. The molecule has 0 aliphatic heterocycles. The van der Waals surface area contributed by atoms with Crippen molar-refractivity contribution in [2.24, 2.45) is 17.8 Å². The van der Waals surface area contributed by atoms with E-state index in [9.17, 15) is 14.9 Å². The standard InChI is InChI=1S/C15H21NO4S/c1-9(2)11-5-4-10(3)8-12(11)20-15(17)13-6-7-14(21-13)16(18)19/h6-7,9-12H,4-5,8H2,1-3H3/t10-,11-,12-/m1/s1. The summed E-state index contributed by atoms with van der Waals surface area (Å²) >= 11 is 0.874. The molecule has 0 unspecified atom stereocenters. The predicted molar refractivity (Wildman–Crippen MR) is 81.5 cm³/mol. The van der Waals surface area contributed by atoms with Gasteiger partial charge in [0.25, 0.3) is 0 Å². The summed E-state index contributed by atoms with van der Waals surface area (Å²) in [5.74, 6) is 0.960. The van der Waals surface area contributed by atoms with Crippen molar-refractivity contribution in [1.82, 2.24) is 0 Å². The first kappa shape index (κ1) is 15.9. The molecule has 1 saturated carbocycles. The van der Waals surface area contributed by atoms with Crippen LogP contribution in [0.2, 0.25) is 0 Å². The number of carbonyl (C=O) groups excluding carboxylic acids is 1. The molecule has 1 fully saturated rings. The highest BCUT2D eigenvalue weighted by Gasteiger charge is 2.34. The van der Waals surface area contributed by atoms with E-state index in [0.29, 0.717) is 22.6 Å². The Morgan fingerprint density at radius 1 is 1.43 bits per heavy atom. The molecule has 1 aromatic rings. The SMILES string of the molecule is CC(C)[C@H]1CC[C@@H](C)C[C@H]1OC(=O)c1ccc([N+](=O)[O-])s1. The van der Waals surface area contributed by atoms with E-state index in [1.54, 1.807) is 0 Å². The number of carbonyl (C=O) groups is 1. The highest BCUT2D eigenvalue weighted by atomic mass is 32.1. The van der Waals surface area contributed by atoms with Crippen LogP contribution in [-0.2, 0) is 4.74 Å². The fourth-order valence-electron chi connectivity index (χ4n) is 2.98. The van der Waals surface area contributed by atoms with Crippen LogP contribution in [0, 0.1) is 27.9 Å². The van der Waals surface area contributed by atoms with Gasteiger partial charge in [0.1, 0.15) is 11.0 Å². The van der Waals surface area contributed by atoms with Crippen LogP contribution in [-0.4, -0.2) is 17.0 Å². The Labute approximate surface area is 128 Å². The van der Waals surface area contributed by atoms with Gasteiger partial charge in [-0.1, -0.05) is 38.5 Å². The number of rotatable bonds is 4. The first-order valence-corrected chi connectivity index (χ1v) is 8.15. The van der Waals surface area contributed by atoms with Crippen LogP contribution in [0.25, 0.3) is 0 Å². The molecule has 2 rings (SSSR count). The lowest BCUT2D eigenvalue weighted by atomic mass is 9.75. The van der Waals surface area contributed by atoms with Crippen LogP contribution in [0.15, 0.2) is 12.1 Å². The van der Waals surface area contributed by atoms with Gasteiger partial charge in [-0.2, -0.15) is 0 Å². The van der Waals surface area contributed by atoms with Crippen LogP contribution < -0.4 is 0 Å². The van der Waals surface area contributed by atoms with E-state index in [1.807, 2.05) is 0 Å². The molecule has 0 amide bonds. The van der Waals surface area contributed by atoms with E-state index in [0.717, 1.165) is 24.2 Å². The monoisotopic (exact) mass is 311 g/mol. The summed E-state index contributed by atoms with van der Waals surface area (Å²) in [6, 6.07) is 2.83. The summed E-state index contributed by atoms with van der Waals surface area (Å²) in [6.45, 7) is 6.47. The van der Waals surface area contributed by atoms with Crippen LogP contribution in [0.5, 0.6) is 0 Å². The Hall–Kier alpha value is -1.43. The van der Waals surface area contributed by atoms with Crippen molar-refractivity contribution in [2.45, 2.75) is 46.1 Å². The lowest BCUT2D eigenvalue weighted by Gasteiger charge is -2.36. The van der Waals surface area contributed by atoms with Crippen molar-refractivity contribution in [3.8, 4) is 0 Å². The zero-order chi connectivity index (χ0) is 15.6. The van der Waals surface area contributed by atoms with Gasteiger partial charge in [-0.05, 0) is 36.7 Å². The van der Waals surface area contributed by atoms with Gasteiger partial charge in [0.2, 0.25) is 0 Å². The zero-order valence-corrected chi connectivity index (χ0v) is 13.4. The van der Waals surface area contributed by atoms with Gasteiger partial charge < -0.3 is 4.74 Å². The van der Waals surface area contributed by atoms with Gasteiger partial charge in [-0.3, -0.25) is 10.1 Å². The molecule has 0 bridgehead atoms. The van der Waals surface area contributed by atoms with Gasteiger partial charge in [0.15, 0.2) is 0 Å². The summed E-state index contributed by atoms with van der Waals surface area (Å²) in [7, 11) is 0. The van der Waals surface area contributed by atoms with Crippen molar-refractivity contribution in [2.75, 3.05) is 0 Å². The van der Waals surface area contributed by atoms with Crippen molar-refractivity contribution in [3.63, 3.8) is 0 Å². The van der Waals surface area contributed by atoms with Gasteiger partial charge in [-0.25, -0.2) is 4.79 Å². The molecule has 116 valence electrons. The second-order valence-corrected chi connectivity index (χ2v) is 7.23. The second-order valence-electron chi connectivity index (χ2n) is 6.16. The van der Waals surface area contributed by atoms with E-state index in [1.165, 1.54) is 18.6 Å². The molecule has 5 nitrogen and oxygen atoms in total. The lowest BCUT2D eigenvalue weighted by molar-refractivity contribution is -0.380. The summed E-state index contributed by atoms with van der Waals surface area (Å²) in [6.07, 6.45) is 3.03. The maximum Gasteiger partial charge on any atom is 0.348 e. The molecule has 21 heavy (non-hydrogen) atoms. The second kappa shape index (κ2) is 6.56. The average molecular weight is 311 g/mol. The van der Waals surface area contributed by atoms with Crippen LogP contribution in [0.4, 0.5) is 5.00 Å². The third kappa shape index (κ3) is 3.81. The minimum absolute atomic E-state index is 0.0284. The molecule has 1 aromatic heterocycles. The molecule has 0 saturated heterocycles. The number of ether oxygens (including phenoxy) is 1. The first-order chi connectivity index (χ1) is 9.88. The molecular formula is C15H21NO4S. The molecule has 1 aliphatic carbocycles. The number of nitro groups is 1. The minimum atomic E-state index is -0.485. The molecule has 0 spiro atoms. The smallest absolute Gasteiger partial charge is 0.348 e. The van der Waals surface area contributed by atoms with Crippen LogP contribution in [0.3, 0.4) is 0 Å². The Bertz CT molecular complexity index is 525. The fourth-order valence-corrected chi connectivity index (χ4v) is 3.68. The Morgan fingerprint density at radius 3 is 2.71 bits per heavy atom. The largest absolute Gasteiger partial charge is 0.458 e. The molecule has 1 heterocycles. The number of nitrogens with zero attached hydrogens (tertiary/aromatic N) is 1. The minimum Gasteiger partial charge on any atom is -0.458 e. The highest BCUT2D eigenvalue weighted by molar-refractivity contribution is 7.17. The Balaban J connectivity index is 2.06. The van der Waals surface area contributed by atoms with E-state index in [4.69, 9.17) is 4.74 Å². The maximum absolute atomic E-state index is 12.2. The van der Waals surface area contributed by atoms with Crippen molar-refractivity contribution in [1.29, 1.82) is 0 Å². The first-order valence-electron chi connectivity index (χ1n) is 7.33. The van der Waals surface area contributed by atoms with E-state index < -0.39 is 10.9 Å². The van der Waals surface area contributed by atoms with Gasteiger partial charge >= 0.3 is 11.0 Å². The normalized spacial score (nSPS) is 25.8. The van der Waals surface area contributed by atoms with Crippen molar-refractivity contribution < 1.29 is 14.5 Å². The third-order valence-corrected chi connectivity index (χ3v) is 5.21. The van der Waals surface area contributed by atoms with Crippen LogP contribution >= 0.6 is 11.3 Å². The topological polar surface area (TPSA) is 69.4 Å². The van der Waals surface area contributed by atoms with E-state index in [-0.39, 0.29) is 11.1 Å². The Kier molecular flexibility index (Phi) is 4.98. The summed E-state index contributed by atoms with van der Waals surface area (Å²) in [5, 5.41) is 10.6. The summed E-state index contributed by atoms with van der Waals surface area (Å²) in [4.78, 5) is 22.7. The van der Waals surface area contributed by atoms with E-state index in [2.05, 4.69) is 20.8 Å². The summed E-state index contributed by atoms with van der Waals surface area (Å²) in [5.41, 5.74) is 0. The Morgan fingerprint density at radius 2 is 2.14 bits per heavy atom. The number of hydrogen-bond donors (Lipinski definition) is 0. The van der Waals surface area contributed by atoms with E-state index >= 15 is 0 Å².